The fourth-order valence-corrected chi connectivity index (χ4v) is 3.41. The van der Waals surface area contributed by atoms with Gasteiger partial charge in [0.2, 0.25) is 15.9 Å². The van der Waals surface area contributed by atoms with Gasteiger partial charge in [0.25, 0.3) is 0 Å². The van der Waals surface area contributed by atoms with Gasteiger partial charge in [0.1, 0.15) is 11.6 Å². The molecule has 0 aliphatic heterocycles. The molecule has 27 heavy (non-hydrogen) atoms. The number of methoxy groups -OCH3 is 1. The fraction of sp³-hybridized carbons (Fsp3) is 0.316. The standard InChI is InChI=1S/C19H23FN2O4S/c1-14(21-27(3,24)25)19(23)22(13-16-5-4-6-17(20)11-16)12-15-7-9-18(26-2)10-8-15/h4-11,14,21H,12-13H2,1-3H3/t14-/m0/s1. The predicted octanol–water partition coefficient (Wildman–Crippen LogP) is 2.30. The summed E-state index contributed by atoms with van der Waals surface area (Å²) in [5.74, 6) is -0.110. The fourth-order valence-electron chi connectivity index (χ4n) is 2.66. The van der Waals surface area contributed by atoms with E-state index in [4.69, 9.17) is 4.74 Å². The lowest BCUT2D eigenvalue weighted by molar-refractivity contribution is -0.133. The van der Waals surface area contributed by atoms with Gasteiger partial charge in [-0.15, -0.1) is 0 Å². The summed E-state index contributed by atoms with van der Waals surface area (Å²) in [4.78, 5) is 14.3. The van der Waals surface area contributed by atoms with E-state index >= 15 is 0 Å². The lowest BCUT2D eigenvalue weighted by atomic mass is 10.1. The predicted molar refractivity (Wildman–Crippen MR) is 101 cm³/mol. The molecule has 0 aliphatic rings. The van der Waals surface area contributed by atoms with Crippen LogP contribution in [0.3, 0.4) is 0 Å². The van der Waals surface area contributed by atoms with Crippen molar-refractivity contribution in [2.75, 3.05) is 13.4 Å². The molecule has 0 saturated heterocycles. The summed E-state index contributed by atoms with van der Waals surface area (Å²) in [5, 5.41) is 0. The molecule has 0 aromatic heterocycles. The van der Waals surface area contributed by atoms with Gasteiger partial charge >= 0.3 is 0 Å². The smallest absolute Gasteiger partial charge is 0.241 e. The summed E-state index contributed by atoms with van der Waals surface area (Å²) in [6, 6.07) is 12.2. The van der Waals surface area contributed by atoms with E-state index < -0.39 is 27.8 Å². The van der Waals surface area contributed by atoms with Gasteiger partial charge in [0.05, 0.1) is 19.4 Å². The number of hydrogen-bond acceptors (Lipinski definition) is 4. The topological polar surface area (TPSA) is 75.7 Å². The average molecular weight is 394 g/mol. The molecular formula is C19H23FN2O4S. The van der Waals surface area contributed by atoms with Gasteiger partial charge in [-0.25, -0.2) is 17.5 Å². The maximum absolute atomic E-state index is 13.5. The van der Waals surface area contributed by atoms with E-state index in [-0.39, 0.29) is 13.1 Å². The van der Waals surface area contributed by atoms with E-state index in [0.29, 0.717) is 11.3 Å². The first kappa shape index (κ1) is 20.9. The van der Waals surface area contributed by atoms with Crippen LogP contribution in [0.5, 0.6) is 5.75 Å². The molecule has 0 unspecified atom stereocenters. The van der Waals surface area contributed by atoms with Gasteiger partial charge < -0.3 is 9.64 Å². The molecule has 146 valence electrons. The molecule has 6 nitrogen and oxygen atoms in total. The normalized spacial score (nSPS) is 12.4. The van der Waals surface area contributed by atoms with E-state index in [2.05, 4.69) is 4.72 Å². The number of nitrogens with zero attached hydrogens (tertiary/aromatic N) is 1. The largest absolute Gasteiger partial charge is 0.497 e. The minimum absolute atomic E-state index is 0.151. The Morgan fingerprint density at radius 1 is 1.15 bits per heavy atom. The van der Waals surface area contributed by atoms with Crippen LogP contribution in [-0.2, 0) is 27.9 Å². The number of nitrogens with one attached hydrogen (secondary N) is 1. The van der Waals surface area contributed by atoms with Crippen LogP contribution in [0.2, 0.25) is 0 Å². The van der Waals surface area contributed by atoms with E-state index in [1.807, 2.05) is 12.1 Å². The van der Waals surface area contributed by atoms with Gasteiger partial charge in [-0.1, -0.05) is 24.3 Å². The maximum Gasteiger partial charge on any atom is 0.241 e. The Morgan fingerprint density at radius 3 is 2.33 bits per heavy atom. The second kappa shape index (κ2) is 8.96. The molecule has 2 rings (SSSR count). The molecule has 0 fully saturated rings. The number of amides is 1. The summed E-state index contributed by atoms with van der Waals surface area (Å²) in [5.41, 5.74) is 1.45. The third-order valence-electron chi connectivity index (χ3n) is 3.87. The number of hydrogen-bond donors (Lipinski definition) is 1. The Hall–Kier alpha value is -2.45. The molecular weight excluding hydrogens is 371 g/mol. The van der Waals surface area contributed by atoms with Crippen molar-refractivity contribution in [3.8, 4) is 5.75 Å². The van der Waals surface area contributed by atoms with E-state index in [1.165, 1.54) is 24.0 Å². The molecule has 0 heterocycles. The lowest BCUT2D eigenvalue weighted by Crippen LogP contribution is -2.46. The first-order valence-electron chi connectivity index (χ1n) is 8.31. The first-order valence-corrected chi connectivity index (χ1v) is 10.2. The molecule has 1 atom stereocenters. The molecule has 2 aromatic rings. The van der Waals surface area contributed by atoms with Crippen molar-refractivity contribution < 1.29 is 22.3 Å². The number of benzene rings is 2. The molecule has 0 aliphatic carbocycles. The van der Waals surface area contributed by atoms with E-state index in [9.17, 15) is 17.6 Å². The SMILES string of the molecule is COc1ccc(CN(Cc2cccc(F)c2)C(=O)[C@H](C)NS(C)(=O)=O)cc1. The Morgan fingerprint density at radius 2 is 1.78 bits per heavy atom. The summed E-state index contributed by atoms with van der Waals surface area (Å²) in [7, 11) is -1.97. The van der Waals surface area contributed by atoms with Crippen molar-refractivity contribution in [1.82, 2.24) is 9.62 Å². The number of carbonyl (C=O) groups is 1. The molecule has 2 aromatic carbocycles. The molecule has 1 amide bonds. The van der Waals surface area contributed by atoms with Crippen LogP contribution >= 0.6 is 0 Å². The third kappa shape index (κ3) is 6.65. The van der Waals surface area contributed by atoms with Gasteiger partial charge in [0.15, 0.2) is 0 Å². The second-order valence-corrected chi connectivity index (χ2v) is 8.06. The Labute approximate surface area is 159 Å². The minimum atomic E-state index is -3.54. The average Bonchev–Trinajstić information content (AvgIpc) is 2.59. The van der Waals surface area contributed by atoms with Crippen LogP contribution in [0.4, 0.5) is 4.39 Å². The summed E-state index contributed by atoms with van der Waals surface area (Å²) in [6.45, 7) is 1.88. The van der Waals surface area contributed by atoms with Crippen LogP contribution < -0.4 is 9.46 Å². The molecule has 8 heteroatoms. The van der Waals surface area contributed by atoms with Crippen LogP contribution in [-0.4, -0.2) is 38.6 Å². The Balaban J connectivity index is 2.24. The van der Waals surface area contributed by atoms with Gasteiger partial charge in [0, 0.05) is 13.1 Å². The summed E-state index contributed by atoms with van der Waals surface area (Å²) >= 11 is 0. The molecule has 0 radical (unpaired) electrons. The van der Waals surface area contributed by atoms with E-state index in [1.54, 1.807) is 31.4 Å². The van der Waals surface area contributed by atoms with Crippen molar-refractivity contribution in [3.63, 3.8) is 0 Å². The number of sulfonamides is 1. The van der Waals surface area contributed by atoms with Crippen molar-refractivity contribution in [2.45, 2.75) is 26.1 Å². The van der Waals surface area contributed by atoms with Crippen LogP contribution in [0.25, 0.3) is 0 Å². The highest BCUT2D eigenvalue weighted by Crippen LogP contribution is 2.16. The zero-order chi connectivity index (χ0) is 20.0. The second-order valence-electron chi connectivity index (χ2n) is 6.28. The van der Waals surface area contributed by atoms with Crippen LogP contribution in [0, 0.1) is 5.82 Å². The number of halogens is 1. The Kier molecular flexibility index (Phi) is 6.92. The molecule has 0 bridgehead atoms. The highest BCUT2D eigenvalue weighted by molar-refractivity contribution is 7.88. The van der Waals surface area contributed by atoms with Gasteiger partial charge in [-0.2, -0.15) is 0 Å². The zero-order valence-electron chi connectivity index (χ0n) is 15.5. The van der Waals surface area contributed by atoms with Crippen LogP contribution in [0.15, 0.2) is 48.5 Å². The van der Waals surface area contributed by atoms with Gasteiger partial charge in [-0.3, -0.25) is 4.79 Å². The van der Waals surface area contributed by atoms with Gasteiger partial charge in [-0.05, 0) is 42.3 Å². The highest BCUT2D eigenvalue weighted by atomic mass is 32.2. The quantitative estimate of drug-likeness (QED) is 0.746. The van der Waals surface area contributed by atoms with E-state index in [0.717, 1.165) is 11.8 Å². The molecule has 1 N–H and O–H groups in total. The highest BCUT2D eigenvalue weighted by Gasteiger charge is 2.23. The lowest BCUT2D eigenvalue weighted by Gasteiger charge is -2.26. The van der Waals surface area contributed by atoms with Crippen molar-refractivity contribution in [2.24, 2.45) is 0 Å². The first-order chi connectivity index (χ1) is 12.7. The number of rotatable bonds is 8. The monoisotopic (exact) mass is 394 g/mol. The number of ether oxygens (including phenoxy) is 1. The Bertz CT molecular complexity index is 885. The molecule has 0 spiro atoms. The maximum atomic E-state index is 13.5. The minimum Gasteiger partial charge on any atom is -0.497 e. The van der Waals surface area contributed by atoms with Crippen LogP contribution in [0.1, 0.15) is 18.1 Å². The van der Waals surface area contributed by atoms with Crippen molar-refractivity contribution >= 4 is 15.9 Å². The molecule has 0 saturated carbocycles. The third-order valence-corrected chi connectivity index (χ3v) is 4.65. The van der Waals surface area contributed by atoms with Crippen molar-refractivity contribution in [1.29, 1.82) is 0 Å². The van der Waals surface area contributed by atoms with Crippen molar-refractivity contribution in [3.05, 3.63) is 65.5 Å². The number of carbonyl (C=O) groups excluding carboxylic acids is 1. The summed E-state index contributed by atoms with van der Waals surface area (Å²) < 4.78 is 43.8. The zero-order valence-corrected chi connectivity index (χ0v) is 16.3. The summed E-state index contributed by atoms with van der Waals surface area (Å²) in [6.07, 6.45) is 0.997.